The number of halogens is 2. The summed E-state index contributed by atoms with van der Waals surface area (Å²) in [6.07, 6.45) is 1.49. The Labute approximate surface area is 187 Å². The highest BCUT2D eigenvalue weighted by Crippen LogP contribution is 2.27. The second-order valence-electron chi connectivity index (χ2n) is 6.15. The maximum absolute atomic E-state index is 12.2. The van der Waals surface area contributed by atoms with E-state index in [0.717, 1.165) is 15.6 Å². The molecule has 0 spiro atoms. The molecular formula is C22H18BrClN2O4. The molecule has 0 aliphatic rings. The minimum Gasteiger partial charge on any atom is -0.507 e. The average Bonchev–Trinajstić information content (AvgIpc) is 2.74. The van der Waals surface area contributed by atoms with Crippen molar-refractivity contribution in [2.24, 2.45) is 5.10 Å². The summed E-state index contributed by atoms with van der Waals surface area (Å²) in [5, 5.41) is 14.5. The Hall–Kier alpha value is -3.03. The molecule has 0 atom stereocenters. The molecule has 6 nitrogen and oxygen atoms in total. The van der Waals surface area contributed by atoms with E-state index in [1.54, 1.807) is 18.2 Å². The summed E-state index contributed by atoms with van der Waals surface area (Å²) in [6.45, 7) is 0.340. The fourth-order valence-electron chi connectivity index (χ4n) is 2.54. The predicted octanol–water partition coefficient (Wildman–Crippen LogP) is 5.16. The van der Waals surface area contributed by atoms with Gasteiger partial charge in [-0.2, -0.15) is 5.10 Å². The average molecular weight is 490 g/mol. The van der Waals surface area contributed by atoms with Gasteiger partial charge in [0.25, 0.3) is 5.91 Å². The summed E-state index contributed by atoms with van der Waals surface area (Å²) in [4.78, 5) is 12.2. The first-order chi connectivity index (χ1) is 14.5. The van der Waals surface area contributed by atoms with Crippen LogP contribution in [-0.4, -0.2) is 24.3 Å². The predicted molar refractivity (Wildman–Crippen MR) is 120 cm³/mol. The van der Waals surface area contributed by atoms with Crippen LogP contribution in [0, 0.1) is 0 Å². The van der Waals surface area contributed by atoms with Gasteiger partial charge in [0.1, 0.15) is 23.9 Å². The van der Waals surface area contributed by atoms with Gasteiger partial charge in [-0.1, -0.05) is 29.8 Å². The second kappa shape index (κ2) is 10.1. The number of phenols is 1. The highest BCUT2D eigenvalue weighted by Gasteiger charge is 2.11. The van der Waals surface area contributed by atoms with E-state index in [0.29, 0.717) is 23.1 Å². The van der Waals surface area contributed by atoms with Crippen LogP contribution in [0.15, 0.2) is 70.2 Å². The van der Waals surface area contributed by atoms with Crippen LogP contribution >= 0.6 is 27.5 Å². The van der Waals surface area contributed by atoms with Crippen LogP contribution < -0.4 is 14.9 Å². The molecule has 0 bridgehead atoms. The van der Waals surface area contributed by atoms with Gasteiger partial charge in [-0.25, -0.2) is 5.43 Å². The van der Waals surface area contributed by atoms with Crippen LogP contribution in [0.5, 0.6) is 17.2 Å². The van der Waals surface area contributed by atoms with E-state index in [1.165, 1.54) is 25.5 Å². The van der Waals surface area contributed by atoms with Crippen LogP contribution in [0.3, 0.4) is 0 Å². The topological polar surface area (TPSA) is 80.2 Å². The van der Waals surface area contributed by atoms with Gasteiger partial charge in [0.05, 0.1) is 23.4 Å². The monoisotopic (exact) mass is 488 g/mol. The van der Waals surface area contributed by atoms with Crippen LogP contribution in [0.1, 0.15) is 21.5 Å². The molecule has 0 heterocycles. The molecule has 8 heteroatoms. The van der Waals surface area contributed by atoms with Crippen molar-refractivity contribution in [2.45, 2.75) is 6.61 Å². The first-order valence-electron chi connectivity index (χ1n) is 8.84. The van der Waals surface area contributed by atoms with E-state index in [9.17, 15) is 9.90 Å². The van der Waals surface area contributed by atoms with E-state index >= 15 is 0 Å². The molecule has 2 N–H and O–H groups in total. The van der Waals surface area contributed by atoms with Crippen molar-refractivity contribution < 1.29 is 19.4 Å². The molecule has 0 aromatic heterocycles. The van der Waals surface area contributed by atoms with Gasteiger partial charge in [0.2, 0.25) is 0 Å². The molecule has 0 aliphatic heterocycles. The van der Waals surface area contributed by atoms with E-state index < -0.39 is 5.91 Å². The number of ether oxygens (including phenoxy) is 2. The summed E-state index contributed by atoms with van der Waals surface area (Å²) in [6, 6.07) is 17.3. The van der Waals surface area contributed by atoms with Gasteiger partial charge in [-0.3, -0.25) is 4.79 Å². The first kappa shape index (κ1) is 21.7. The highest BCUT2D eigenvalue weighted by molar-refractivity contribution is 9.10. The fraction of sp³-hybridized carbons (Fsp3) is 0.0909. The minimum absolute atomic E-state index is 0.0949. The minimum atomic E-state index is -0.537. The van der Waals surface area contributed by atoms with Crippen molar-refractivity contribution in [1.82, 2.24) is 5.43 Å². The van der Waals surface area contributed by atoms with E-state index in [4.69, 9.17) is 21.1 Å². The third kappa shape index (κ3) is 5.52. The number of phenolic OH excluding ortho intramolecular Hbond substituents is 1. The number of carbonyl (C=O) groups is 1. The number of amides is 1. The fourth-order valence-corrected chi connectivity index (χ4v) is 3.24. The van der Waals surface area contributed by atoms with Gasteiger partial charge in [0.15, 0.2) is 0 Å². The molecule has 0 unspecified atom stereocenters. The number of hydrogen-bond donors (Lipinski definition) is 2. The van der Waals surface area contributed by atoms with E-state index in [1.807, 2.05) is 30.3 Å². The van der Waals surface area contributed by atoms with Crippen LogP contribution in [-0.2, 0) is 6.61 Å². The zero-order chi connectivity index (χ0) is 21.5. The lowest BCUT2D eigenvalue weighted by Gasteiger charge is -2.10. The summed E-state index contributed by atoms with van der Waals surface area (Å²) in [5.41, 5.74) is 4.11. The van der Waals surface area contributed by atoms with Gasteiger partial charge < -0.3 is 14.6 Å². The standard InChI is InChI=1S/C22H18BrClN2O4/c1-29-16-7-8-17(20(27)11-16)22(28)26-25-12-14-6-9-21(18(23)10-14)30-13-15-4-2-3-5-19(15)24/h2-12,27H,13H2,1H3,(H,26,28)/b25-12-. The lowest BCUT2D eigenvalue weighted by atomic mass is 10.2. The largest absolute Gasteiger partial charge is 0.507 e. The molecule has 3 rings (SSSR count). The quantitative estimate of drug-likeness (QED) is 0.355. The van der Waals surface area contributed by atoms with E-state index in [-0.39, 0.29) is 11.3 Å². The summed E-state index contributed by atoms with van der Waals surface area (Å²) < 4.78 is 11.5. The van der Waals surface area contributed by atoms with Crippen LogP contribution in [0.2, 0.25) is 5.02 Å². The Kier molecular flexibility index (Phi) is 7.32. The maximum Gasteiger partial charge on any atom is 0.275 e. The molecule has 30 heavy (non-hydrogen) atoms. The number of carbonyl (C=O) groups excluding carboxylic acids is 1. The Morgan fingerprint density at radius 1 is 1.20 bits per heavy atom. The number of rotatable bonds is 7. The first-order valence-corrected chi connectivity index (χ1v) is 10.0. The molecule has 1 amide bonds. The van der Waals surface area contributed by atoms with Crippen molar-refractivity contribution in [3.63, 3.8) is 0 Å². The summed E-state index contributed by atoms with van der Waals surface area (Å²) in [5.74, 6) is 0.378. The lowest BCUT2D eigenvalue weighted by molar-refractivity contribution is 0.0952. The lowest BCUT2D eigenvalue weighted by Crippen LogP contribution is -2.17. The Morgan fingerprint density at radius 3 is 2.70 bits per heavy atom. The van der Waals surface area contributed by atoms with Gasteiger partial charge in [0, 0.05) is 16.7 Å². The molecule has 0 aliphatic carbocycles. The smallest absolute Gasteiger partial charge is 0.275 e. The molecule has 3 aromatic carbocycles. The zero-order valence-corrected chi connectivity index (χ0v) is 18.3. The van der Waals surface area contributed by atoms with E-state index in [2.05, 4.69) is 26.5 Å². The second-order valence-corrected chi connectivity index (χ2v) is 7.41. The highest BCUT2D eigenvalue weighted by atomic mass is 79.9. The SMILES string of the molecule is COc1ccc(C(=O)N/N=C\c2ccc(OCc3ccccc3Cl)c(Br)c2)c(O)c1. The van der Waals surface area contributed by atoms with Crippen LogP contribution in [0.25, 0.3) is 0 Å². The normalized spacial score (nSPS) is 10.8. The number of benzene rings is 3. The Morgan fingerprint density at radius 2 is 2.00 bits per heavy atom. The molecule has 0 saturated heterocycles. The molecule has 0 saturated carbocycles. The summed E-state index contributed by atoms with van der Waals surface area (Å²) in [7, 11) is 1.48. The molecule has 0 radical (unpaired) electrons. The zero-order valence-electron chi connectivity index (χ0n) is 15.9. The number of hydrogen-bond acceptors (Lipinski definition) is 5. The summed E-state index contributed by atoms with van der Waals surface area (Å²) >= 11 is 9.61. The van der Waals surface area contributed by atoms with Crippen molar-refractivity contribution in [3.05, 3.63) is 86.8 Å². The third-order valence-corrected chi connectivity index (χ3v) is 5.11. The number of aromatic hydroxyl groups is 1. The van der Waals surface area contributed by atoms with Crippen molar-refractivity contribution >= 4 is 39.7 Å². The van der Waals surface area contributed by atoms with Gasteiger partial charge >= 0.3 is 0 Å². The maximum atomic E-state index is 12.2. The van der Waals surface area contributed by atoms with Crippen molar-refractivity contribution in [2.75, 3.05) is 7.11 Å². The van der Waals surface area contributed by atoms with Gasteiger partial charge in [-0.05, 0) is 57.9 Å². The molecule has 154 valence electrons. The third-order valence-electron chi connectivity index (χ3n) is 4.13. The number of methoxy groups -OCH3 is 1. The molecule has 3 aromatic rings. The Bertz CT molecular complexity index is 1090. The molecular weight excluding hydrogens is 472 g/mol. The number of nitrogens with one attached hydrogen (secondary N) is 1. The number of hydrazone groups is 1. The number of nitrogens with zero attached hydrogens (tertiary/aromatic N) is 1. The van der Waals surface area contributed by atoms with Gasteiger partial charge in [-0.15, -0.1) is 0 Å². The van der Waals surface area contributed by atoms with Crippen LogP contribution in [0.4, 0.5) is 0 Å². The molecule has 0 fully saturated rings. The van der Waals surface area contributed by atoms with Crippen molar-refractivity contribution in [3.8, 4) is 17.2 Å². The Balaban J connectivity index is 1.60. The van der Waals surface area contributed by atoms with Crippen molar-refractivity contribution in [1.29, 1.82) is 0 Å².